The molecule has 3 aromatic rings. The second kappa shape index (κ2) is 8.83. The van der Waals surface area contributed by atoms with E-state index in [0.717, 1.165) is 10.0 Å². The maximum atomic E-state index is 12.8. The van der Waals surface area contributed by atoms with Crippen LogP contribution in [0.4, 0.5) is 5.82 Å². The van der Waals surface area contributed by atoms with Gasteiger partial charge in [0.05, 0.1) is 6.54 Å². The van der Waals surface area contributed by atoms with Gasteiger partial charge in [-0.2, -0.15) is 0 Å². The predicted octanol–water partition coefficient (Wildman–Crippen LogP) is 5.11. The Morgan fingerprint density at radius 3 is 2.42 bits per heavy atom. The van der Waals surface area contributed by atoms with E-state index in [1.165, 1.54) is 0 Å². The fourth-order valence-corrected chi connectivity index (χ4v) is 2.73. The molecule has 0 aliphatic heterocycles. The minimum Gasteiger partial charge on any atom is -0.484 e. The fraction of sp³-hybridized carbons (Fsp3) is 0.100. The van der Waals surface area contributed by atoms with E-state index in [9.17, 15) is 4.79 Å². The van der Waals surface area contributed by atoms with Gasteiger partial charge in [-0.05, 0) is 54.1 Å². The summed E-state index contributed by atoms with van der Waals surface area (Å²) in [6, 6.07) is 20.2. The molecule has 1 aromatic heterocycles. The largest absolute Gasteiger partial charge is 0.484 e. The summed E-state index contributed by atoms with van der Waals surface area (Å²) in [6.45, 7) is 0.308. The van der Waals surface area contributed by atoms with Gasteiger partial charge in [0.25, 0.3) is 5.91 Å². The number of aromatic nitrogens is 1. The molecule has 0 spiro atoms. The van der Waals surface area contributed by atoms with Gasteiger partial charge < -0.3 is 4.74 Å². The molecule has 0 N–H and O–H groups in total. The van der Waals surface area contributed by atoms with Gasteiger partial charge in [-0.25, -0.2) is 4.98 Å². The third kappa shape index (κ3) is 5.07. The van der Waals surface area contributed by atoms with Crippen LogP contribution in [0, 0.1) is 0 Å². The van der Waals surface area contributed by atoms with Crippen LogP contribution in [-0.4, -0.2) is 17.5 Å². The Balaban J connectivity index is 1.74. The number of hydrogen-bond acceptors (Lipinski definition) is 3. The van der Waals surface area contributed by atoms with E-state index >= 15 is 0 Å². The summed E-state index contributed by atoms with van der Waals surface area (Å²) in [5.41, 5.74) is 0.956. The van der Waals surface area contributed by atoms with Crippen molar-refractivity contribution < 1.29 is 9.53 Å². The van der Waals surface area contributed by atoms with Crippen LogP contribution < -0.4 is 9.64 Å². The predicted molar refractivity (Wildman–Crippen MR) is 107 cm³/mol. The van der Waals surface area contributed by atoms with E-state index in [0.29, 0.717) is 23.1 Å². The molecule has 0 unspecified atom stereocenters. The van der Waals surface area contributed by atoms with E-state index in [1.54, 1.807) is 29.3 Å². The number of rotatable bonds is 6. The zero-order valence-corrected chi connectivity index (χ0v) is 16.2. The van der Waals surface area contributed by atoms with Gasteiger partial charge in [0.15, 0.2) is 6.61 Å². The van der Waals surface area contributed by atoms with Crippen LogP contribution in [0.15, 0.2) is 77.4 Å². The summed E-state index contributed by atoms with van der Waals surface area (Å²) in [6.07, 6.45) is 1.66. The topological polar surface area (TPSA) is 42.4 Å². The molecule has 26 heavy (non-hydrogen) atoms. The summed E-state index contributed by atoms with van der Waals surface area (Å²) in [4.78, 5) is 18.7. The third-order valence-corrected chi connectivity index (χ3v) is 4.44. The monoisotopic (exact) mass is 430 g/mol. The number of anilines is 1. The number of hydrogen-bond donors (Lipinski definition) is 0. The number of carbonyl (C=O) groups excluding carboxylic acids is 1. The first-order valence-electron chi connectivity index (χ1n) is 7.96. The number of pyridine rings is 1. The second-order valence-electron chi connectivity index (χ2n) is 5.54. The Morgan fingerprint density at radius 1 is 1.04 bits per heavy atom. The van der Waals surface area contributed by atoms with E-state index in [-0.39, 0.29) is 12.5 Å². The van der Waals surface area contributed by atoms with E-state index in [1.807, 2.05) is 48.5 Å². The Morgan fingerprint density at radius 2 is 1.77 bits per heavy atom. The smallest absolute Gasteiger partial charge is 0.266 e. The van der Waals surface area contributed by atoms with Crippen LogP contribution >= 0.6 is 27.5 Å². The number of amides is 1. The quantitative estimate of drug-likeness (QED) is 0.545. The lowest BCUT2D eigenvalue weighted by atomic mass is 10.2. The van der Waals surface area contributed by atoms with Gasteiger partial charge in [0, 0.05) is 15.7 Å². The standard InChI is InChI=1S/C20H16BrClN2O2/c21-16-6-10-18(11-7-16)26-14-20(25)24(19-3-1-2-12-23-19)13-15-4-8-17(22)9-5-15/h1-12H,13-14H2. The van der Waals surface area contributed by atoms with Crippen LogP contribution in [0.5, 0.6) is 5.75 Å². The summed E-state index contributed by atoms with van der Waals surface area (Å²) < 4.78 is 6.57. The highest BCUT2D eigenvalue weighted by Crippen LogP contribution is 2.19. The Hall–Kier alpha value is -2.37. The molecular weight excluding hydrogens is 416 g/mol. The van der Waals surface area contributed by atoms with Crippen molar-refractivity contribution in [3.63, 3.8) is 0 Å². The molecule has 0 radical (unpaired) electrons. The molecular formula is C20H16BrClN2O2. The van der Waals surface area contributed by atoms with Crippen LogP contribution in [-0.2, 0) is 11.3 Å². The first-order chi connectivity index (χ1) is 12.6. The molecule has 1 amide bonds. The zero-order chi connectivity index (χ0) is 18.4. The van der Waals surface area contributed by atoms with Crippen molar-refractivity contribution in [3.8, 4) is 5.75 Å². The summed E-state index contributed by atoms with van der Waals surface area (Å²) >= 11 is 9.31. The second-order valence-corrected chi connectivity index (χ2v) is 6.89. The van der Waals surface area contributed by atoms with Crippen molar-refractivity contribution in [1.29, 1.82) is 0 Å². The first kappa shape index (κ1) is 18.4. The van der Waals surface area contributed by atoms with E-state index < -0.39 is 0 Å². The normalized spacial score (nSPS) is 10.4. The molecule has 0 fully saturated rings. The number of halogens is 2. The van der Waals surface area contributed by atoms with Crippen LogP contribution in [0.3, 0.4) is 0 Å². The molecule has 0 aliphatic rings. The lowest BCUT2D eigenvalue weighted by Crippen LogP contribution is -2.35. The minimum absolute atomic E-state index is 0.0776. The Kier molecular flexibility index (Phi) is 6.26. The van der Waals surface area contributed by atoms with Gasteiger partial charge in [-0.3, -0.25) is 9.69 Å². The number of nitrogens with zero attached hydrogens (tertiary/aromatic N) is 2. The van der Waals surface area contributed by atoms with Crippen LogP contribution in [0.2, 0.25) is 5.02 Å². The highest BCUT2D eigenvalue weighted by Gasteiger charge is 2.18. The number of benzene rings is 2. The molecule has 1 heterocycles. The van der Waals surface area contributed by atoms with Gasteiger partial charge in [0.1, 0.15) is 11.6 Å². The molecule has 0 aliphatic carbocycles. The third-order valence-electron chi connectivity index (χ3n) is 3.66. The van der Waals surface area contributed by atoms with Gasteiger partial charge in [0.2, 0.25) is 0 Å². The molecule has 0 saturated heterocycles. The SMILES string of the molecule is O=C(COc1ccc(Br)cc1)N(Cc1ccc(Cl)cc1)c1ccccn1. The summed E-state index contributed by atoms with van der Waals surface area (Å²) in [5, 5.41) is 0.656. The Bertz CT molecular complexity index is 855. The first-order valence-corrected chi connectivity index (χ1v) is 9.13. The van der Waals surface area contributed by atoms with Gasteiger partial charge in [-0.15, -0.1) is 0 Å². The molecule has 2 aromatic carbocycles. The summed E-state index contributed by atoms with van der Waals surface area (Å²) in [7, 11) is 0. The highest BCUT2D eigenvalue weighted by atomic mass is 79.9. The molecule has 6 heteroatoms. The average molecular weight is 432 g/mol. The zero-order valence-electron chi connectivity index (χ0n) is 13.8. The van der Waals surface area contributed by atoms with E-state index in [2.05, 4.69) is 20.9 Å². The fourth-order valence-electron chi connectivity index (χ4n) is 2.34. The lowest BCUT2D eigenvalue weighted by molar-refractivity contribution is -0.120. The minimum atomic E-state index is -0.179. The average Bonchev–Trinajstić information content (AvgIpc) is 2.67. The number of ether oxygens (including phenoxy) is 1. The molecule has 3 rings (SSSR count). The van der Waals surface area contributed by atoms with Crippen molar-refractivity contribution in [2.45, 2.75) is 6.54 Å². The van der Waals surface area contributed by atoms with Gasteiger partial charge >= 0.3 is 0 Å². The maximum Gasteiger partial charge on any atom is 0.266 e. The van der Waals surface area contributed by atoms with Crippen molar-refractivity contribution in [1.82, 2.24) is 4.98 Å². The summed E-state index contributed by atoms with van der Waals surface area (Å²) in [5.74, 6) is 1.03. The molecule has 132 valence electrons. The highest BCUT2D eigenvalue weighted by molar-refractivity contribution is 9.10. The number of carbonyl (C=O) groups is 1. The van der Waals surface area contributed by atoms with Crippen molar-refractivity contribution >= 4 is 39.3 Å². The molecule has 0 atom stereocenters. The van der Waals surface area contributed by atoms with Crippen molar-refractivity contribution in [3.05, 3.63) is 88.0 Å². The van der Waals surface area contributed by atoms with Crippen molar-refractivity contribution in [2.75, 3.05) is 11.5 Å². The Labute approximate surface area is 165 Å². The van der Waals surface area contributed by atoms with Gasteiger partial charge in [-0.1, -0.05) is 45.7 Å². The van der Waals surface area contributed by atoms with Crippen molar-refractivity contribution in [2.24, 2.45) is 0 Å². The van der Waals surface area contributed by atoms with E-state index in [4.69, 9.17) is 16.3 Å². The van der Waals surface area contributed by atoms with Crippen LogP contribution in [0.25, 0.3) is 0 Å². The molecule has 0 bridgehead atoms. The molecule has 4 nitrogen and oxygen atoms in total. The molecule has 0 saturated carbocycles. The lowest BCUT2D eigenvalue weighted by Gasteiger charge is -2.22. The van der Waals surface area contributed by atoms with Crippen LogP contribution in [0.1, 0.15) is 5.56 Å². The maximum absolute atomic E-state index is 12.8.